The zero-order valence-corrected chi connectivity index (χ0v) is 11.7. The predicted molar refractivity (Wildman–Crippen MR) is 78.3 cm³/mol. The van der Waals surface area contributed by atoms with Gasteiger partial charge in [0.2, 0.25) is 5.91 Å². The number of rotatable bonds is 4. The summed E-state index contributed by atoms with van der Waals surface area (Å²) in [5, 5.41) is 3.01. The van der Waals surface area contributed by atoms with E-state index in [2.05, 4.69) is 42.3 Å². The molecule has 0 bridgehead atoms. The maximum atomic E-state index is 11.8. The van der Waals surface area contributed by atoms with Gasteiger partial charge >= 0.3 is 0 Å². The summed E-state index contributed by atoms with van der Waals surface area (Å²) in [7, 11) is 0. The summed E-state index contributed by atoms with van der Waals surface area (Å²) in [4.78, 5) is 14.0. The van der Waals surface area contributed by atoms with Gasteiger partial charge in [0.1, 0.15) is 0 Å². The largest absolute Gasteiger partial charge is 0.360 e. The summed E-state index contributed by atoms with van der Waals surface area (Å²) in [6.07, 6.45) is 0.825. The molecular weight excluding hydrogens is 238 g/mol. The zero-order valence-electron chi connectivity index (χ0n) is 11.7. The van der Waals surface area contributed by atoms with E-state index < -0.39 is 0 Å². The molecule has 2 rings (SSSR count). The predicted octanol–water partition coefficient (Wildman–Crippen LogP) is 1.46. The Hall–Kier alpha value is -1.55. The van der Waals surface area contributed by atoms with E-state index in [0.717, 1.165) is 13.0 Å². The fraction of sp³-hybridized carbons (Fsp3) is 0.533. The maximum Gasteiger partial charge on any atom is 0.239 e. The average Bonchev–Trinajstić information content (AvgIpc) is 2.38. The van der Waals surface area contributed by atoms with E-state index in [1.54, 1.807) is 0 Å². The number of carbonyl (C=O) groups excluding carboxylic acids is 1. The first-order valence-electron chi connectivity index (χ1n) is 6.95. The number of carbonyl (C=O) groups is 1. The minimum atomic E-state index is 0.0864. The Morgan fingerprint density at radius 1 is 1.42 bits per heavy atom. The maximum absolute atomic E-state index is 11.8. The molecule has 1 fully saturated rings. The second-order valence-electron chi connectivity index (χ2n) is 5.44. The van der Waals surface area contributed by atoms with Crippen molar-refractivity contribution in [2.75, 3.05) is 24.5 Å². The summed E-state index contributed by atoms with van der Waals surface area (Å²) in [5.74, 6) is 0.539. The molecule has 1 aliphatic rings. The molecule has 0 radical (unpaired) electrons. The minimum Gasteiger partial charge on any atom is -0.360 e. The van der Waals surface area contributed by atoms with Crippen molar-refractivity contribution in [3.63, 3.8) is 0 Å². The molecule has 1 heterocycles. The number of hydrogen-bond donors (Lipinski definition) is 2. The van der Waals surface area contributed by atoms with Gasteiger partial charge in [0.15, 0.2) is 0 Å². The molecule has 0 aromatic heterocycles. The van der Waals surface area contributed by atoms with Gasteiger partial charge in [0, 0.05) is 18.3 Å². The monoisotopic (exact) mass is 261 g/mol. The minimum absolute atomic E-state index is 0.0864. The molecular formula is C15H23N3O. The Bertz CT molecular complexity index is 445. The van der Waals surface area contributed by atoms with E-state index in [1.807, 2.05) is 6.07 Å². The van der Waals surface area contributed by atoms with Crippen LogP contribution in [0.25, 0.3) is 0 Å². The van der Waals surface area contributed by atoms with Gasteiger partial charge in [-0.1, -0.05) is 32.0 Å². The fourth-order valence-electron chi connectivity index (χ4n) is 2.63. The number of para-hydroxylation sites is 1. The highest BCUT2D eigenvalue weighted by molar-refractivity contribution is 5.83. The number of nitrogens with two attached hydrogens (primary N) is 1. The lowest BCUT2D eigenvalue weighted by Crippen LogP contribution is -2.55. The lowest BCUT2D eigenvalue weighted by molar-refractivity contribution is -0.121. The second kappa shape index (κ2) is 6.06. The molecule has 104 valence electrons. The van der Waals surface area contributed by atoms with Gasteiger partial charge in [-0.15, -0.1) is 0 Å². The van der Waals surface area contributed by atoms with Gasteiger partial charge in [0.25, 0.3) is 0 Å². The molecule has 19 heavy (non-hydrogen) atoms. The molecule has 1 aromatic carbocycles. The molecule has 0 aliphatic carbocycles. The smallest absolute Gasteiger partial charge is 0.239 e. The van der Waals surface area contributed by atoms with E-state index in [0.29, 0.717) is 19.0 Å². The Labute approximate surface area is 115 Å². The highest BCUT2D eigenvalue weighted by Gasteiger charge is 2.25. The molecule has 4 heteroatoms. The number of hydrogen-bond acceptors (Lipinski definition) is 3. The van der Waals surface area contributed by atoms with Gasteiger partial charge in [-0.2, -0.15) is 0 Å². The van der Waals surface area contributed by atoms with Crippen LogP contribution in [0, 0.1) is 0 Å². The van der Waals surface area contributed by atoms with Crippen LogP contribution in [0.3, 0.4) is 0 Å². The molecule has 1 unspecified atom stereocenters. The molecule has 1 saturated heterocycles. The number of anilines is 1. The molecule has 0 spiro atoms. The fourth-order valence-corrected chi connectivity index (χ4v) is 2.63. The second-order valence-corrected chi connectivity index (χ2v) is 5.44. The van der Waals surface area contributed by atoms with Crippen LogP contribution in [0.2, 0.25) is 0 Å². The third kappa shape index (κ3) is 3.26. The van der Waals surface area contributed by atoms with E-state index >= 15 is 0 Å². The topological polar surface area (TPSA) is 58.4 Å². The quantitative estimate of drug-likeness (QED) is 0.863. The summed E-state index contributed by atoms with van der Waals surface area (Å²) >= 11 is 0. The molecule has 1 aromatic rings. The third-order valence-corrected chi connectivity index (χ3v) is 3.55. The Kier molecular flexibility index (Phi) is 4.43. The molecule has 1 atom stereocenters. The van der Waals surface area contributed by atoms with E-state index in [-0.39, 0.29) is 11.9 Å². The van der Waals surface area contributed by atoms with Gasteiger partial charge in [0.05, 0.1) is 6.54 Å². The van der Waals surface area contributed by atoms with Crippen molar-refractivity contribution in [2.45, 2.75) is 32.2 Å². The Morgan fingerprint density at radius 2 is 2.16 bits per heavy atom. The Balaban J connectivity index is 2.23. The standard InChI is InChI=1S/C15H23N3O/c1-11(2)13-5-3-4-6-14(13)18-9-12(7-8-16)17-15(19)10-18/h3-6,11-12H,7-10,16H2,1-2H3,(H,17,19). The van der Waals surface area contributed by atoms with E-state index in [4.69, 9.17) is 5.73 Å². The summed E-state index contributed by atoms with van der Waals surface area (Å²) < 4.78 is 0. The lowest BCUT2D eigenvalue weighted by Gasteiger charge is -2.36. The molecule has 0 saturated carbocycles. The van der Waals surface area contributed by atoms with Crippen LogP contribution < -0.4 is 16.0 Å². The van der Waals surface area contributed by atoms with Crippen LogP contribution in [-0.4, -0.2) is 31.6 Å². The number of piperazine rings is 1. The molecule has 4 nitrogen and oxygen atoms in total. The SMILES string of the molecule is CC(C)c1ccccc1N1CC(=O)NC(CCN)C1. The molecule has 1 amide bonds. The average molecular weight is 261 g/mol. The van der Waals surface area contributed by atoms with Crippen molar-refractivity contribution in [2.24, 2.45) is 5.73 Å². The number of nitrogens with zero attached hydrogens (tertiary/aromatic N) is 1. The summed E-state index contributed by atoms with van der Waals surface area (Å²) in [6, 6.07) is 8.50. The summed E-state index contributed by atoms with van der Waals surface area (Å²) in [5.41, 5.74) is 8.07. The van der Waals surface area contributed by atoms with Crippen molar-refractivity contribution in [1.82, 2.24) is 5.32 Å². The van der Waals surface area contributed by atoms with Gasteiger partial charge in [-0.3, -0.25) is 4.79 Å². The number of benzene rings is 1. The van der Waals surface area contributed by atoms with Crippen molar-refractivity contribution in [3.8, 4) is 0 Å². The van der Waals surface area contributed by atoms with Crippen molar-refractivity contribution in [3.05, 3.63) is 29.8 Å². The van der Waals surface area contributed by atoms with Gasteiger partial charge in [-0.25, -0.2) is 0 Å². The van der Waals surface area contributed by atoms with Crippen molar-refractivity contribution < 1.29 is 4.79 Å². The van der Waals surface area contributed by atoms with Crippen LogP contribution in [0.4, 0.5) is 5.69 Å². The van der Waals surface area contributed by atoms with Crippen LogP contribution in [-0.2, 0) is 4.79 Å². The first-order valence-corrected chi connectivity index (χ1v) is 6.95. The van der Waals surface area contributed by atoms with Crippen LogP contribution in [0.15, 0.2) is 24.3 Å². The van der Waals surface area contributed by atoms with Crippen molar-refractivity contribution >= 4 is 11.6 Å². The third-order valence-electron chi connectivity index (χ3n) is 3.55. The van der Waals surface area contributed by atoms with E-state index in [1.165, 1.54) is 11.3 Å². The highest BCUT2D eigenvalue weighted by atomic mass is 16.2. The highest BCUT2D eigenvalue weighted by Crippen LogP contribution is 2.28. The molecule has 3 N–H and O–H groups in total. The van der Waals surface area contributed by atoms with Crippen LogP contribution in [0.5, 0.6) is 0 Å². The van der Waals surface area contributed by atoms with Crippen molar-refractivity contribution in [1.29, 1.82) is 0 Å². The lowest BCUT2D eigenvalue weighted by atomic mass is 9.99. The molecule has 1 aliphatic heterocycles. The number of nitrogens with one attached hydrogen (secondary N) is 1. The first-order chi connectivity index (χ1) is 9.11. The summed E-state index contributed by atoms with van der Waals surface area (Å²) in [6.45, 7) is 6.24. The first kappa shape index (κ1) is 13.9. The van der Waals surface area contributed by atoms with Crippen LogP contribution >= 0.6 is 0 Å². The van der Waals surface area contributed by atoms with Crippen LogP contribution in [0.1, 0.15) is 31.7 Å². The Morgan fingerprint density at radius 3 is 2.84 bits per heavy atom. The number of amides is 1. The normalized spacial score (nSPS) is 19.7. The zero-order chi connectivity index (χ0) is 13.8. The van der Waals surface area contributed by atoms with Gasteiger partial charge in [-0.05, 0) is 30.5 Å². The van der Waals surface area contributed by atoms with E-state index in [9.17, 15) is 4.79 Å². The van der Waals surface area contributed by atoms with Gasteiger partial charge < -0.3 is 16.0 Å².